The minimum Gasteiger partial charge on any atom is -0.395 e. The summed E-state index contributed by atoms with van der Waals surface area (Å²) in [5.74, 6) is 0.353. The van der Waals surface area contributed by atoms with E-state index in [0.717, 1.165) is 16.4 Å². The predicted molar refractivity (Wildman–Crippen MR) is 72.3 cm³/mol. The van der Waals surface area contributed by atoms with Crippen LogP contribution in [0, 0.1) is 0 Å². The van der Waals surface area contributed by atoms with Crippen LogP contribution in [-0.4, -0.2) is 9.78 Å². The van der Waals surface area contributed by atoms with E-state index in [2.05, 4.69) is 31.1 Å². The van der Waals surface area contributed by atoms with Gasteiger partial charge < -0.3 is 5.73 Å². The number of anilines is 1. The lowest BCUT2D eigenvalue weighted by atomic mass is 10.1. The van der Waals surface area contributed by atoms with Gasteiger partial charge in [-0.1, -0.05) is 43.8 Å². The number of hydrogen-bond donors (Lipinski definition) is 1. The van der Waals surface area contributed by atoms with Crippen molar-refractivity contribution < 1.29 is 0 Å². The molecule has 90 valence electrons. The van der Waals surface area contributed by atoms with Gasteiger partial charge >= 0.3 is 0 Å². The molecule has 0 saturated heterocycles. The van der Waals surface area contributed by atoms with Crippen LogP contribution in [0.25, 0.3) is 0 Å². The van der Waals surface area contributed by atoms with Gasteiger partial charge in [-0.05, 0) is 18.1 Å². The van der Waals surface area contributed by atoms with Crippen molar-refractivity contribution in [3.8, 4) is 0 Å². The van der Waals surface area contributed by atoms with E-state index >= 15 is 0 Å². The Kier molecular flexibility index (Phi) is 3.43. The van der Waals surface area contributed by atoms with E-state index in [4.69, 9.17) is 5.73 Å². The Balaban J connectivity index is 2.34. The van der Waals surface area contributed by atoms with Crippen LogP contribution >= 0.6 is 11.8 Å². The van der Waals surface area contributed by atoms with Gasteiger partial charge in [-0.2, -0.15) is 5.10 Å². The fraction of sp³-hybridized carbons (Fsp3) is 0.308. The predicted octanol–water partition coefficient (Wildman–Crippen LogP) is 3.28. The summed E-state index contributed by atoms with van der Waals surface area (Å²) in [6, 6.07) is 10.2. The maximum absolute atomic E-state index is 6.15. The Morgan fingerprint density at radius 3 is 2.41 bits per heavy atom. The second-order valence-corrected chi connectivity index (χ2v) is 5.36. The Bertz CT molecular complexity index is 503. The summed E-state index contributed by atoms with van der Waals surface area (Å²) in [4.78, 5) is 1.18. The van der Waals surface area contributed by atoms with Gasteiger partial charge in [0, 0.05) is 11.9 Å². The molecule has 1 heterocycles. The summed E-state index contributed by atoms with van der Waals surface area (Å²) in [5.41, 5.74) is 7.93. The fourth-order valence-electron chi connectivity index (χ4n) is 1.69. The first-order chi connectivity index (χ1) is 8.09. The lowest BCUT2D eigenvalue weighted by Gasteiger charge is -2.03. The van der Waals surface area contributed by atoms with Crippen LogP contribution in [0.3, 0.4) is 0 Å². The first kappa shape index (κ1) is 12.0. The molecular weight excluding hydrogens is 230 g/mol. The molecule has 0 aliphatic heterocycles. The van der Waals surface area contributed by atoms with Gasteiger partial charge in [0.1, 0.15) is 5.03 Å². The zero-order chi connectivity index (χ0) is 12.4. The molecule has 2 rings (SSSR count). The first-order valence-corrected chi connectivity index (χ1v) is 6.46. The van der Waals surface area contributed by atoms with Crippen LogP contribution in [0.1, 0.15) is 25.5 Å². The average molecular weight is 247 g/mol. The van der Waals surface area contributed by atoms with E-state index < -0.39 is 0 Å². The molecule has 0 spiro atoms. The number of rotatable bonds is 3. The molecule has 2 aromatic rings. The van der Waals surface area contributed by atoms with Gasteiger partial charge in [0.15, 0.2) is 0 Å². The van der Waals surface area contributed by atoms with Crippen molar-refractivity contribution in [3.05, 3.63) is 36.0 Å². The molecule has 1 aromatic heterocycles. The van der Waals surface area contributed by atoms with Crippen molar-refractivity contribution in [2.24, 2.45) is 7.05 Å². The molecule has 0 aliphatic rings. The van der Waals surface area contributed by atoms with Gasteiger partial charge in [0.25, 0.3) is 0 Å². The van der Waals surface area contributed by atoms with Crippen LogP contribution in [0.4, 0.5) is 5.69 Å². The topological polar surface area (TPSA) is 43.8 Å². The largest absolute Gasteiger partial charge is 0.395 e. The van der Waals surface area contributed by atoms with E-state index in [1.807, 2.05) is 29.9 Å². The van der Waals surface area contributed by atoms with E-state index in [-0.39, 0.29) is 0 Å². The highest BCUT2D eigenvalue weighted by Crippen LogP contribution is 2.35. The number of nitrogen functional groups attached to an aromatic ring is 1. The molecular formula is C13H17N3S. The average Bonchev–Trinajstić information content (AvgIpc) is 2.58. The normalized spacial score (nSPS) is 11.1. The van der Waals surface area contributed by atoms with Gasteiger partial charge in [0.05, 0.1) is 11.4 Å². The number of aromatic nitrogens is 2. The molecule has 0 amide bonds. The van der Waals surface area contributed by atoms with Crippen molar-refractivity contribution in [1.82, 2.24) is 9.78 Å². The smallest absolute Gasteiger partial charge is 0.122 e. The third kappa shape index (κ3) is 2.47. The van der Waals surface area contributed by atoms with E-state index in [0.29, 0.717) is 5.92 Å². The van der Waals surface area contributed by atoms with Crippen molar-refractivity contribution in [1.29, 1.82) is 0 Å². The second kappa shape index (κ2) is 4.84. The molecule has 2 N–H and O–H groups in total. The molecule has 0 bridgehead atoms. The highest BCUT2D eigenvalue weighted by molar-refractivity contribution is 7.99. The zero-order valence-electron chi connectivity index (χ0n) is 10.3. The summed E-state index contributed by atoms with van der Waals surface area (Å²) >= 11 is 1.65. The Labute approximate surface area is 106 Å². The highest BCUT2D eigenvalue weighted by Gasteiger charge is 2.16. The number of aryl methyl sites for hydroxylation is 1. The highest BCUT2D eigenvalue weighted by atomic mass is 32.2. The fourth-order valence-corrected chi connectivity index (χ4v) is 2.60. The molecule has 0 aliphatic carbocycles. The van der Waals surface area contributed by atoms with Crippen LogP contribution in [0.2, 0.25) is 0 Å². The summed E-state index contributed by atoms with van der Waals surface area (Å²) in [6.07, 6.45) is 0. The van der Waals surface area contributed by atoms with Gasteiger partial charge in [-0.25, -0.2) is 0 Å². The quantitative estimate of drug-likeness (QED) is 0.905. The molecule has 0 radical (unpaired) electrons. The molecule has 0 saturated carbocycles. The summed E-state index contributed by atoms with van der Waals surface area (Å²) in [6.45, 7) is 4.21. The lowest BCUT2D eigenvalue weighted by Crippen LogP contribution is -1.94. The second-order valence-electron chi connectivity index (χ2n) is 4.30. The van der Waals surface area contributed by atoms with Gasteiger partial charge in [0.2, 0.25) is 0 Å². The van der Waals surface area contributed by atoms with Crippen LogP contribution in [0.5, 0.6) is 0 Å². The van der Waals surface area contributed by atoms with E-state index in [1.165, 1.54) is 4.90 Å². The zero-order valence-corrected chi connectivity index (χ0v) is 11.2. The first-order valence-electron chi connectivity index (χ1n) is 5.65. The maximum atomic E-state index is 6.15. The molecule has 1 aromatic carbocycles. The summed E-state index contributed by atoms with van der Waals surface area (Å²) in [7, 11) is 1.94. The third-order valence-corrected chi connectivity index (χ3v) is 3.75. The summed E-state index contributed by atoms with van der Waals surface area (Å²) in [5, 5.41) is 5.49. The van der Waals surface area contributed by atoms with E-state index in [1.54, 1.807) is 11.8 Å². The third-order valence-electron chi connectivity index (χ3n) is 2.56. The molecule has 0 unspecified atom stereocenters. The molecule has 3 nitrogen and oxygen atoms in total. The van der Waals surface area contributed by atoms with E-state index in [9.17, 15) is 0 Å². The van der Waals surface area contributed by atoms with Crippen molar-refractivity contribution in [3.63, 3.8) is 0 Å². The standard InChI is InChI=1S/C13H17N3S/c1-9(2)12-11(14)13(16(3)15-12)17-10-7-5-4-6-8-10/h4-9H,14H2,1-3H3. The Morgan fingerprint density at radius 1 is 1.24 bits per heavy atom. The molecule has 4 heteroatoms. The lowest BCUT2D eigenvalue weighted by molar-refractivity contribution is 0.671. The molecule has 0 atom stereocenters. The Hall–Kier alpha value is -1.42. The monoisotopic (exact) mass is 247 g/mol. The van der Waals surface area contributed by atoms with Crippen molar-refractivity contribution in [2.45, 2.75) is 29.7 Å². The Morgan fingerprint density at radius 2 is 1.88 bits per heavy atom. The van der Waals surface area contributed by atoms with Crippen molar-refractivity contribution >= 4 is 17.4 Å². The number of hydrogen-bond acceptors (Lipinski definition) is 3. The molecule has 17 heavy (non-hydrogen) atoms. The minimum absolute atomic E-state index is 0.353. The van der Waals surface area contributed by atoms with Crippen molar-refractivity contribution in [2.75, 3.05) is 5.73 Å². The van der Waals surface area contributed by atoms with Gasteiger partial charge in [-0.15, -0.1) is 0 Å². The number of benzene rings is 1. The number of nitrogens with zero attached hydrogens (tertiary/aromatic N) is 2. The van der Waals surface area contributed by atoms with Crippen LogP contribution < -0.4 is 5.73 Å². The van der Waals surface area contributed by atoms with Gasteiger partial charge in [-0.3, -0.25) is 4.68 Å². The molecule has 0 fully saturated rings. The maximum Gasteiger partial charge on any atom is 0.122 e. The number of nitrogens with two attached hydrogens (primary N) is 1. The van der Waals surface area contributed by atoms with Crippen LogP contribution in [0.15, 0.2) is 40.3 Å². The minimum atomic E-state index is 0.353. The SMILES string of the molecule is CC(C)c1nn(C)c(Sc2ccccc2)c1N. The van der Waals surface area contributed by atoms with Crippen LogP contribution in [-0.2, 0) is 7.05 Å². The summed E-state index contributed by atoms with van der Waals surface area (Å²) < 4.78 is 1.86.